The van der Waals surface area contributed by atoms with Crippen LogP contribution in [0.2, 0.25) is 0 Å². The molecule has 0 radical (unpaired) electrons. The minimum absolute atomic E-state index is 0.223. The molecule has 0 spiro atoms. The number of carbonyl (C=O) groups is 2. The number of thiophene rings is 1. The first kappa shape index (κ1) is 20.6. The average molecular weight is 400 g/mol. The van der Waals surface area contributed by atoms with Crippen molar-refractivity contribution in [2.24, 2.45) is 0 Å². The minimum atomic E-state index is -1.02. The molecule has 1 aromatic heterocycles. The second-order valence-electron chi connectivity index (χ2n) is 8.18. The smallest absolute Gasteiger partial charge is 0.262 e. The Kier molecular flexibility index (Phi) is 5.91. The predicted octanol–water partition coefficient (Wildman–Crippen LogP) is 3.54. The van der Waals surface area contributed by atoms with Crippen molar-refractivity contribution in [2.45, 2.75) is 46.1 Å². The third kappa shape index (κ3) is 4.62. The molecule has 2 aromatic rings. The lowest BCUT2D eigenvalue weighted by Crippen LogP contribution is -2.52. The number of hydrogen-bond acceptors (Lipinski definition) is 4. The van der Waals surface area contributed by atoms with Crippen LogP contribution in [0.5, 0.6) is 0 Å². The fourth-order valence-corrected chi connectivity index (χ4v) is 4.28. The molecule has 1 aromatic carbocycles. The second kappa shape index (κ2) is 8.05. The quantitative estimate of drug-likeness (QED) is 0.827. The van der Waals surface area contributed by atoms with Crippen molar-refractivity contribution < 1.29 is 9.59 Å². The van der Waals surface area contributed by atoms with Gasteiger partial charge in [-0.25, -0.2) is 0 Å². The summed E-state index contributed by atoms with van der Waals surface area (Å²) in [5.41, 5.74) is 3.67. The molecule has 28 heavy (non-hydrogen) atoms. The van der Waals surface area contributed by atoms with E-state index in [1.54, 1.807) is 19.9 Å². The van der Waals surface area contributed by atoms with E-state index in [2.05, 4.69) is 35.6 Å². The Morgan fingerprint density at radius 2 is 1.82 bits per heavy atom. The van der Waals surface area contributed by atoms with Gasteiger partial charge in [-0.2, -0.15) is 0 Å². The fourth-order valence-electron chi connectivity index (χ4n) is 3.51. The van der Waals surface area contributed by atoms with Crippen LogP contribution in [0.3, 0.4) is 0 Å². The minimum Gasteiger partial charge on any atom is -0.337 e. The van der Waals surface area contributed by atoms with E-state index >= 15 is 0 Å². The highest BCUT2D eigenvalue weighted by molar-refractivity contribution is 7.13. The van der Waals surface area contributed by atoms with Crippen molar-refractivity contribution in [3.63, 3.8) is 0 Å². The Balaban J connectivity index is 1.73. The van der Waals surface area contributed by atoms with Gasteiger partial charge in [-0.1, -0.05) is 0 Å². The van der Waals surface area contributed by atoms with Crippen molar-refractivity contribution in [1.29, 1.82) is 0 Å². The molecule has 0 aliphatic carbocycles. The highest BCUT2D eigenvalue weighted by Crippen LogP contribution is 2.25. The van der Waals surface area contributed by atoms with Crippen LogP contribution in [0, 0.1) is 13.8 Å². The van der Waals surface area contributed by atoms with Crippen molar-refractivity contribution in [2.75, 3.05) is 25.5 Å². The molecule has 3 rings (SSSR count). The Hall–Kier alpha value is -2.18. The van der Waals surface area contributed by atoms with Crippen molar-refractivity contribution >= 4 is 28.8 Å². The molecule has 5 nitrogen and oxygen atoms in total. The molecule has 150 valence electrons. The standard InChI is InChI=1S/C22H29N3O2S/c1-14-12-17(13-16-8-10-25(5)11-9-18(14)16)23-21(27)22(3,4)24-20(26)19-7-6-15(2)28-19/h6-7,12-13H,8-11H2,1-5H3,(H,23,27)(H,24,26). The molecule has 0 atom stereocenters. The van der Waals surface area contributed by atoms with Gasteiger partial charge < -0.3 is 15.5 Å². The van der Waals surface area contributed by atoms with Gasteiger partial charge >= 0.3 is 0 Å². The molecule has 6 heteroatoms. The first-order chi connectivity index (χ1) is 13.2. The Bertz CT molecular complexity index is 901. The summed E-state index contributed by atoms with van der Waals surface area (Å²) in [6.07, 6.45) is 2.02. The highest BCUT2D eigenvalue weighted by atomic mass is 32.1. The third-order valence-corrected chi connectivity index (χ3v) is 6.29. The van der Waals surface area contributed by atoms with Gasteiger partial charge in [0.15, 0.2) is 0 Å². The molecule has 0 unspecified atom stereocenters. The molecule has 0 saturated heterocycles. The predicted molar refractivity (Wildman–Crippen MR) is 115 cm³/mol. The second-order valence-corrected chi connectivity index (χ2v) is 9.47. The molecular weight excluding hydrogens is 370 g/mol. The summed E-state index contributed by atoms with van der Waals surface area (Å²) in [4.78, 5) is 29.4. The zero-order chi connectivity index (χ0) is 20.5. The van der Waals surface area contributed by atoms with Crippen molar-refractivity contribution in [1.82, 2.24) is 10.2 Å². The van der Waals surface area contributed by atoms with Gasteiger partial charge in [0.05, 0.1) is 4.88 Å². The summed E-state index contributed by atoms with van der Waals surface area (Å²) in [7, 11) is 2.14. The lowest BCUT2D eigenvalue weighted by Gasteiger charge is -2.25. The Morgan fingerprint density at radius 1 is 1.11 bits per heavy atom. The number of benzene rings is 1. The Labute approximate surface area is 171 Å². The number of likely N-dealkylation sites (N-methyl/N-ethyl adjacent to an activating group) is 1. The monoisotopic (exact) mass is 399 g/mol. The number of hydrogen-bond donors (Lipinski definition) is 2. The molecule has 2 heterocycles. The van der Waals surface area contributed by atoms with Gasteiger partial charge in [-0.3, -0.25) is 9.59 Å². The fraction of sp³-hybridized carbons (Fsp3) is 0.455. The number of nitrogens with one attached hydrogen (secondary N) is 2. The number of anilines is 1. The van der Waals surface area contributed by atoms with Crippen LogP contribution in [-0.2, 0) is 17.6 Å². The van der Waals surface area contributed by atoms with E-state index in [0.29, 0.717) is 4.88 Å². The number of carbonyl (C=O) groups excluding carboxylic acids is 2. The van der Waals surface area contributed by atoms with Crippen LogP contribution in [0.4, 0.5) is 5.69 Å². The number of nitrogens with zero attached hydrogens (tertiary/aromatic N) is 1. The highest BCUT2D eigenvalue weighted by Gasteiger charge is 2.30. The summed E-state index contributed by atoms with van der Waals surface area (Å²) in [6.45, 7) is 9.59. The molecule has 0 saturated carbocycles. The largest absolute Gasteiger partial charge is 0.337 e. The van der Waals surface area contributed by atoms with Gasteiger partial charge in [-0.15, -0.1) is 11.3 Å². The normalized spacial score (nSPS) is 14.9. The maximum Gasteiger partial charge on any atom is 0.262 e. The van der Waals surface area contributed by atoms with Crippen LogP contribution in [-0.4, -0.2) is 42.4 Å². The van der Waals surface area contributed by atoms with Crippen LogP contribution < -0.4 is 10.6 Å². The van der Waals surface area contributed by atoms with Crippen LogP contribution in [0.15, 0.2) is 24.3 Å². The Morgan fingerprint density at radius 3 is 2.50 bits per heavy atom. The maximum absolute atomic E-state index is 12.9. The molecule has 2 amide bonds. The summed E-state index contributed by atoms with van der Waals surface area (Å²) >= 11 is 1.42. The first-order valence-corrected chi connectivity index (χ1v) is 10.5. The van der Waals surface area contributed by atoms with E-state index in [-0.39, 0.29) is 11.8 Å². The van der Waals surface area contributed by atoms with E-state index in [1.807, 2.05) is 19.1 Å². The molecule has 0 fully saturated rings. The maximum atomic E-state index is 12.9. The van der Waals surface area contributed by atoms with E-state index < -0.39 is 5.54 Å². The molecular formula is C22H29N3O2S. The number of fused-ring (bicyclic) bond motifs is 1. The summed E-state index contributed by atoms with van der Waals surface area (Å²) < 4.78 is 0. The van der Waals surface area contributed by atoms with Crippen LogP contribution in [0.25, 0.3) is 0 Å². The zero-order valence-corrected chi connectivity index (χ0v) is 18.1. The van der Waals surface area contributed by atoms with Crippen LogP contribution in [0.1, 0.15) is 45.1 Å². The molecule has 0 bridgehead atoms. The van der Waals surface area contributed by atoms with Gasteiger partial charge in [-0.05, 0) is 88.5 Å². The summed E-state index contributed by atoms with van der Waals surface area (Å²) in [6, 6.07) is 7.81. The molecule has 1 aliphatic rings. The third-order valence-electron chi connectivity index (χ3n) is 5.29. The lowest BCUT2D eigenvalue weighted by molar-refractivity contribution is -0.120. The number of amides is 2. The lowest BCUT2D eigenvalue weighted by atomic mass is 9.96. The van der Waals surface area contributed by atoms with Gasteiger partial charge in [0.2, 0.25) is 5.91 Å². The number of aryl methyl sites for hydroxylation is 2. The van der Waals surface area contributed by atoms with Gasteiger partial charge in [0.1, 0.15) is 5.54 Å². The zero-order valence-electron chi connectivity index (χ0n) is 17.3. The van der Waals surface area contributed by atoms with E-state index in [0.717, 1.165) is 36.5 Å². The van der Waals surface area contributed by atoms with Gasteiger partial charge in [0, 0.05) is 23.7 Å². The first-order valence-electron chi connectivity index (χ1n) is 9.67. The average Bonchev–Trinajstić information content (AvgIpc) is 2.96. The van der Waals surface area contributed by atoms with Crippen molar-refractivity contribution in [3.05, 3.63) is 50.7 Å². The topological polar surface area (TPSA) is 61.4 Å². The SMILES string of the molecule is Cc1ccc(C(=O)NC(C)(C)C(=O)Nc2cc(C)c3c(c2)CCN(C)CC3)s1. The van der Waals surface area contributed by atoms with E-state index in [4.69, 9.17) is 0 Å². The molecule has 2 N–H and O–H groups in total. The van der Waals surface area contributed by atoms with Gasteiger partial charge in [0.25, 0.3) is 5.91 Å². The summed E-state index contributed by atoms with van der Waals surface area (Å²) in [5, 5.41) is 5.85. The number of rotatable bonds is 4. The van der Waals surface area contributed by atoms with E-state index in [9.17, 15) is 9.59 Å². The summed E-state index contributed by atoms with van der Waals surface area (Å²) in [5.74, 6) is -0.446. The van der Waals surface area contributed by atoms with E-state index in [1.165, 1.54) is 28.0 Å². The molecule has 1 aliphatic heterocycles. The van der Waals surface area contributed by atoms with Crippen LogP contribution >= 0.6 is 11.3 Å². The van der Waals surface area contributed by atoms with Crippen molar-refractivity contribution in [3.8, 4) is 0 Å².